The number of aryl methyl sites for hydroxylation is 2. The number of thiazole rings is 1. The lowest BCUT2D eigenvalue weighted by atomic mass is 10.0. The number of rotatable bonds is 2. The first-order valence-corrected chi connectivity index (χ1v) is 9.49. The van der Waals surface area contributed by atoms with Crippen molar-refractivity contribution < 1.29 is 9.18 Å². The summed E-state index contributed by atoms with van der Waals surface area (Å²) in [6, 6.07) is 6.70. The molecule has 0 aliphatic carbocycles. The molecule has 122 valence electrons. The van der Waals surface area contributed by atoms with Crippen molar-refractivity contribution in [2.75, 3.05) is 11.4 Å². The normalized spacial score (nSPS) is 13.8. The molecule has 0 atom stereocenters. The predicted octanol–water partition coefficient (Wildman–Crippen LogP) is 4.91. The third kappa shape index (κ3) is 2.65. The highest BCUT2D eigenvalue weighted by molar-refractivity contribution is 7.17. The number of hydrogen-bond donors (Lipinski definition) is 0. The molecule has 0 saturated carbocycles. The number of thiophene rings is 1. The molecule has 0 spiro atoms. The summed E-state index contributed by atoms with van der Waals surface area (Å²) >= 11 is 3.02. The van der Waals surface area contributed by atoms with Crippen LogP contribution in [-0.2, 0) is 6.42 Å². The third-order valence-electron chi connectivity index (χ3n) is 4.17. The van der Waals surface area contributed by atoms with Crippen molar-refractivity contribution in [1.29, 1.82) is 0 Å². The monoisotopic (exact) mass is 358 g/mol. The van der Waals surface area contributed by atoms with E-state index in [4.69, 9.17) is 0 Å². The average Bonchev–Trinajstić information content (AvgIpc) is 3.23. The van der Waals surface area contributed by atoms with Crippen molar-refractivity contribution in [1.82, 2.24) is 4.98 Å². The van der Waals surface area contributed by atoms with Gasteiger partial charge in [0.2, 0.25) is 0 Å². The number of anilines is 1. The molecule has 1 amide bonds. The van der Waals surface area contributed by atoms with E-state index in [1.807, 2.05) is 23.8 Å². The number of carbonyl (C=O) groups is 1. The van der Waals surface area contributed by atoms with Crippen LogP contribution in [0.1, 0.15) is 27.3 Å². The van der Waals surface area contributed by atoms with Gasteiger partial charge in [0.25, 0.3) is 5.91 Å². The van der Waals surface area contributed by atoms with Crippen LogP contribution >= 0.6 is 22.7 Å². The van der Waals surface area contributed by atoms with Gasteiger partial charge in [-0.25, -0.2) is 9.37 Å². The van der Waals surface area contributed by atoms with Crippen molar-refractivity contribution in [2.24, 2.45) is 0 Å². The molecule has 2 aromatic heterocycles. The van der Waals surface area contributed by atoms with E-state index in [1.165, 1.54) is 23.5 Å². The Labute approximate surface area is 147 Å². The molecule has 4 rings (SSSR count). The van der Waals surface area contributed by atoms with Crippen LogP contribution in [0.2, 0.25) is 0 Å². The molecule has 0 unspecified atom stereocenters. The fourth-order valence-corrected chi connectivity index (χ4v) is 4.71. The average molecular weight is 358 g/mol. The Kier molecular flexibility index (Phi) is 3.94. The lowest BCUT2D eigenvalue weighted by molar-refractivity contribution is 0.0988. The number of carbonyl (C=O) groups excluding carboxylic acids is 1. The topological polar surface area (TPSA) is 33.2 Å². The second-order valence-electron chi connectivity index (χ2n) is 5.78. The van der Waals surface area contributed by atoms with Gasteiger partial charge in [-0.1, -0.05) is 6.07 Å². The second kappa shape index (κ2) is 6.11. The highest BCUT2D eigenvalue weighted by Gasteiger charge is 2.27. The molecule has 0 radical (unpaired) electrons. The van der Waals surface area contributed by atoms with E-state index in [0.717, 1.165) is 34.7 Å². The predicted molar refractivity (Wildman–Crippen MR) is 96.6 cm³/mol. The van der Waals surface area contributed by atoms with Crippen molar-refractivity contribution in [3.8, 4) is 10.6 Å². The van der Waals surface area contributed by atoms with Crippen LogP contribution in [0.15, 0.2) is 35.0 Å². The number of halogens is 1. The molecule has 0 N–H and O–H groups in total. The molecular formula is C18H15FN2OS2. The van der Waals surface area contributed by atoms with Gasteiger partial charge in [0, 0.05) is 17.5 Å². The van der Waals surface area contributed by atoms with Gasteiger partial charge in [-0.3, -0.25) is 4.79 Å². The van der Waals surface area contributed by atoms with Gasteiger partial charge < -0.3 is 4.90 Å². The molecule has 1 aromatic carbocycles. The minimum atomic E-state index is -0.312. The maximum absolute atomic E-state index is 13.7. The maximum Gasteiger partial charge on any atom is 0.270 e. The lowest BCUT2D eigenvalue weighted by Crippen LogP contribution is -2.35. The Balaban J connectivity index is 1.72. The van der Waals surface area contributed by atoms with Crippen LogP contribution in [0.25, 0.3) is 10.6 Å². The number of benzene rings is 1. The SMILES string of the molecule is Cc1nc(-c2ccsc2)sc1C(=O)N1CCCc2ccc(F)cc21. The van der Waals surface area contributed by atoms with Gasteiger partial charge >= 0.3 is 0 Å². The Morgan fingerprint density at radius 3 is 3.00 bits per heavy atom. The van der Waals surface area contributed by atoms with E-state index in [2.05, 4.69) is 4.98 Å². The van der Waals surface area contributed by atoms with Crippen molar-refractivity contribution in [3.05, 3.63) is 57.0 Å². The highest BCUT2D eigenvalue weighted by Crippen LogP contribution is 2.34. The first kappa shape index (κ1) is 15.5. The lowest BCUT2D eigenvalue weighted by Gasteiger charge is -2.29. The van der Waals surface area contributed by atoms with E-state index < -0.39 is 0 Å². The number of fused-ring (bicyclic) bond motifs is 1. The van der Waals surface area contributed by atoms with Crippen molar-refractivity contribution >= 4 is 34.3 Å². The zero-order valence-corrected chi connectivity index (χ0v) is 14.7. The molecule has 1 aliphatic heterocycles. The van der Waals surface area contributed by atoms with Crippen molar-refractivity contribution in [3.63, 3.8) is 0 Å². The smallest absolute Gasteiger partial charge is 0.270 e. The molecule has 3 aromatic rings. The summed E-state index contributed by atoms with van der Waals surface area (Å²) in [4.78, 5) is 19.9. The number of amides is 1. The summed E-state index contributed by atoms with van der Waals surface area (Å²) in [6.07, 6.45) is 1.76. The summed E-state index contributed by atoms with van der Waals surface area (Å²) in [5, 5.41) is 4.88. The van der Waals surface area contributed by atoms with E-state index in [0.29, 0.717) is 17.1 Å². The van der Waals surface area contributed by atoms with Crippen LogP contribution < -0.4 is 4.90 Å². The van der Waals surface area contributed by atoms with E-state index in [-0.39, 0.29) is 11.7 Å². The number of nitrogens with zero attached hydrogens (tertiary/aromatic N) is 2. The summed E-state index contributed by atoms with van der Waals surface area (Å²) in [7, 11) is 0. The largest absolute Gasteiger partial charge is 0.307 e. The van der Waals surface area contributed by atoms with Gasteiger partial charge in [-0.2, -0.15) is 11.3 Å². The Bertz CT molecular complexity index is 902. The first-order chi connectivity index (χ1) is 11.6. The molecule has 0 fully saturated rings. The summed E-state index contributed by atoms with van der Waals surface area (Å²) in [5.74, 6) is -0.397. The molecule has 3 heterocycles. The standard InChI is InChI=1S/C18H15FN2OS2/c1-11-16(24-17(20-11)13-6-8-23-10-13)18(22)21-7-2-3-12-4-5-14(19)9-15(12)21/h4-6,8-10H,2-3,7H2,1H3. The quantitative estimate of drug-likeness (QED) is 0.652. The second-order valence-corrected chi connectivity index (χ2v) is 7.56. The van der Waals surface area contributed by atoms with E-state index in [1.54, 1.807) is 22.3 Å². The highest BCUT2D eigenvalue weighted by atomic mass is 32.1. The minimum absolute atomic E-state index is 0.0852. The molecule has 3 nitrogen and oxygen atoms in total. The van der Waals surface area contributed by atoms with Crippen LogP contribution in [0.5, 0.6) is 0 Å². The summed E-state index contributed by atoms with van der Waals surface area (Å²) in [5.41, 5.74) is 3.49. The van der Waals surface area contributed by atoms with Gasteiger partial charge in [0.1, 0.15) is 15.7 Å². The Morgan fingerprint density at radius 1 is 1.33 bits per heavy atom. The summed E-state index contributed by atoms with van der Waals surface area (Å²) in [6.45, 7) is 2.47. The van der Waals surface area contributed by atoms with Crippen LogP contribution in [0.3, 0.4) is 0 Å². The molecule has 0 bridgehead atoms. The number of hydrogen-bond acceptors (Lipinski definition) is 4. The fraction of sp³-hybridized carbons (Fsp3) is 0.222. The first-order valence-electron chi connectivity index (χ1n) is 7.74. The fourth-order valence-electron chi connectivity index (χ4n) is 2.99. The van der Waals surface area contributed by atoms with E-state index in [9.17, 15) is 9.18 Å². The third-order valence-corrected chi connectivity index (χ3v) is 6.05. The van der Waals surface area contributed by atoms with Crippen LogP contribution in [0.4, 0.5) is 10.1 Å². The maximum atomic E-state index is 13.7. The van der Waals surface area contributed by atoms with Gasteiger partial charge in [-0.05, 0) is 48.9 Å². The molecule has 6 heteroatoms. The Morgan fingerprint density at radius 2 is 2.21 bits per heavy atom. The van der Waals surface area contributed by atoms with Crippen molar-refractivity contribution in [2.45, 2.75) is 19.8 Å². The van der Waals surface area contributed by atoms with Crippen LogP contribution in [0, 0.1) is 12.7 Å². The zero-order chi connectivity index (χ0) is 16.7. The van der Waals surface area contributed by atoms with E-state index >= 15 is 0 Å². The minimum Gasteiger partial charge on any atom is -0.307 e. The van der Waals surface area contributed by atoms with Gasteiger partial charge in [0.15, 0.2) is 0 Å². The zero-order valence-electron chi connectivity index (χ0n) is 13.1. The molecule has 1 aliphatic rings. The van der Waals surface area contributed by atoms with Gasteiger partial charge in [-0.15, -0.1) is 11.3 Å². The van der Waals surface area contributed by atoms with Gasteiger partial charge in [0.05, 0.1) is 11.4 Å². The molecular weight excluding hydrogens is 343 g/mol. The molecule has 0 saturated heterocycles. The number of aromatic nitrogens is 1. The summed E-state index contributed by atoms with van der Waals surface area (Å²) < 4.78 is 13.7. The molecule has 24 heavy (non-hydrogen) atoms. The Hall–Kier alpha value is -2.05. The van der Waals surface area contributed by atoms with Crippen LogP contribution in [-0.4, -0.2) is 17.4 Å².